The largest absolute Gasteiger partial charge is 0.394 e. The van der Waals surface area contributed by atoms with E-state index in [1.807, 2.05) is 0 Å². The van der Waals surface area contributed by atoms with Crippen molar-refractivity contribution in [3.05, 3.63) is 11.1 Å². The molecule has 3 heterocycles. The molecule has 10 heteroatoms. The van der Waals surface area contributed by atoms with E-state index in [4.69, 9.17) is 27.8 Å². The van der Waals surface area contributed by atoms with Gasteiger partial charge in [-0.2, -0.15) is 0 Å². The quantitative estimate of drug-likeness (QED) is 0.430. The Balaban J connectivity index is 2.14. The molecule has 6 N–H and O–H groups in total. The van der Waals surface area contributed by atoms with E-state index in [9.17, 15) is 10.2 Å². The van der Waals surface area contributed by atoms with Gasteiger partial charge in [0.1, 0.15) is 30.2 Å². The van der Waals surface area contributed by atoms with E-state index in [1.165, 1.54) is 10.9 Å². The number of aliphatic hydroxyl groups is 3. The highest BCUT2D eigenvalue weighted by Crippen LogP contribution is 2.32. The van der Waals surface area contributed by atoms with Crippen molar-refractivity contribution in [3.8, 4) is 0 Å². The van der Waals surface area contributed by atoms with E-state index in [0.29, 0.717) is 11.2 Å². The Morgan fingerprint density at radius 1 is 1.40 bits per heavy atom. The fourth-order valence-corrected chi connectivity index (χ4v) is 2.58. The van der Waals surface area contributed by atoms with Crippen LogP contribution in [0, 0.1) is 4.77 Å². The van der Waals surface area contributed by atoms with Crippen molar-refractivity contribution in [1.82, 2.24) is 19.5 Å². The van der Waals surface area contributed by atoms with Crippen LogP contribution in [0.1, 0.15) is 6.23 Å². The molecule has 0 saturated carbocycles. The van der Waals surface area contributed by atoms with Crippen LogP contribution in [0.3, 0.4) is 0 Å². The van der Waals surface area contributed by atoms with E-state index in [-0.39, 0.29) is 10.6 Å². The number of rotatable bonds is 2. The van der Waals surface area contributed by atoms with Gasteiger partial charge in [0.2, 0.25) is 0 Å². The number of nitrogens with two attached hydrogens (primary N) is 1. The number of hydrogen-bond acceptors (Lipinski definition) is 8. The number of imidazole rings is 1. The summed E-state index contributed by atoms with van der Waals surface area (Å²) in [5, 5.41) is 28.9. The third kappa shape index (κ3) is 1.81. The monoisotopic (exact) mass is 299 g/mol. The highest BCUT2D eigenvalue weighted by Gasteiger charge is 2.44. The second kappa shape index (κ2) is 4.75. The smallest absolute Gasteiger partial charge is 0.181 e. The molecule has 1 aliphatic heterocycles. The van der Waals surface area contributed by atoms with Crippen LogP contribution in [0.2, 0.25) is 0 Å². The lowest BCUT2D eigenvalue weighted by molar-refractivity contribution is -0.0517. The number of aliphatic hydroxyl groups excluding tert-OH is 3. The number of fused-ring (bicyclic) bond motifs is 1. The molecular weight excluding hydrogens is 286 g/mol. The Kier molecular flexibility index (Phi) is 3.18. The lowest BCUT2D eigenvalue weighted by Crippen LogP contribution is -2.33. The van der Waals surface area contributed by atoms with Crippen LogP contribution in [0.15, 0.2) is 6.33 Å². The normalized spacial score (nSPS) is 30.1. The van der Waals surface area contributed by atoms with Gasteiger partial charge in [-0.05, 0) is 12.2 Å². The van der Waals surface area contributed by atoms with E-state index in [2.05, 4.69) is 15.0 Å². The fraction of sp³-hybridized carbons (Fsp3) is 0.500. The zero-order valence-electron chi connectivity index (χ0n) is 10.2. The van der Waals surface area contributed by atoms with Gasteiger partial charge < -0.3 is 30.8 Å². The molecule has 3 rings (SSSR count). The summed E-state index contributed by atoms with van der Waals surface area (Å²) in [4.78, 5) is 10.7. The number of nitrogens with one attached hydrogen (secondary N) is 1. The molecule has 1 aliphatic rings. The minimum atomic E-state index is -1.24. The van der Waals surface area contributed by atoms with E-state index < -0.39 is 31.1 Å². The molecule has 4 atom stereocenters. The third-order valence-electron chi connectivity index (χ3n) is 3.31. The molecule has 2 aromatic heterocycles. The second-order valence-electron chi connectivity index (χ2n) is 4.49. The molecular formula is C10H13N5O4S. The van der Waals surface area contributed by atoms with E-state index in [1.54, 1.807) is 0 Å². The van der Waals surface area contributed by atoms with Gasteiger partial charge in [0.05, 0.1) is 6.61 Å². The Morgan fingerprint density at radius 3 is 2.80 bits per heavy atom. The molecule has 9 nitrogen and oxygen atoms in total. The average Bonchev–Trinajstić information content (AvgIpc) is 2.90. The van der Waals surface area contributed by atoms with Gasteiger partial charge in [-0.1, -0.05) is 0 Å². The summed E-state index contributed by atoms with van der Waals surface area (Å²) in [6.45, 7) is -0.415. The summed E-state index contributed by atoms with van der Waals surface area (Å²) in [6.07, 6.45) is -3.04. The predicted molar refractivity (Wildman–Crippen MR) is 70.1 cm³/mol. The van der Waals surface area contributed by atoms with Gasteiger partial charge in [-0.15, -0.1) is 0 Å². The molecule has 0 unspecified atom stereocenters. The number of H-pyrrole nitrogens is 1. The third-order valence-corrected chi connectivity index (χ3v) is 3.61. The van der Waals surface area contributed by atoms with Crippen molar-refractivity contribution in [3.63, 3.8) is 0 Å². The molecule has 0 amide bonds. The number of aromatic nitrogens is 4. The number of aromatic amines is 1. The molecule has 2 aromatic rings. The van der Waals surface area contributed by atoms with Crippen molar-refractivity contribution >= 4 is 29.2 Å². The summed E-state index contributed by atoms with van der Waals surface area (Å²) in [6, 6.07) is 0. The highest BCUT2D eigenvalue weighted by atomic mass is 32.1. The molecule has 0 bridgehead atoms. The minimum absolute atomic E-state index is 0.214. The molecule has 1 fully saturated rings. The maximum atomic E-state index is 10.0. The van der Waals surface area contributed by atoms with Crippen LogP contribution in [-0.4, -0.2) is 59.8 Å². The Bertz CT molecular complexity index is 701. The fourth-order valence-electron chi connectivity index (χ4n) is 2.28. The maximum absolute atomic E-state index is 10.0. The van der Waals surface area contributed by atoms with Crippen molar-refractivity contribution in [1.29, 1.82) is 0 Å². The summed E-state index contributed by atoms with van der Waals surface area (Å²) in [7, 11) is 0. The molecule has 0 aromatic carbocycles. The number of nitrogens with zero attached hydrogens (tertiary/aromatic N) is 3. The Morgan fingerprint density at radius 2 is 2.15 bits per heavy atom. The van der Waals surface area contributed by atoms with Gasteiger partial charge in [0, 0.05) is 0 Å². The Labute approximate surface area is 117 Å². The van der Waals surface area contributed by atoms with Crippen molar-refractivity contribution in [2.45, 2.75) is 24.5 Å². The summed E-state index contributed by atoms with van der Waals surface area (Å²) in [5.41, 5.74) is 6.50. The first-order chi connectivity index (χ1) is 9.54. The van der Waals surface area contributed by atoms with Crippen LogP contribution < -0.4 is 5.73 Å². The molecule has 108 valence electrons. The maximum Gasteiger partial charge on any atom is 0.181 e. The zero-order chi connectivity index (χ0) is 14.4. The first-order valence-electron chi connectivity index (χ1n) is 5.87. The first-order valence-corrected chi connectivity index (χ1v) is 6.28. The van der Waals surface area contributed by atoms with Crippen molar-refractivity contribution < 1.29 is 20.1 Å². The van der Waals surface area contributed by atoms with Crippen LogP contribution in [0.5, 0.6) is 0 Å². The molecule has 0 radical (unpaired) electrons. The van der Waals surface area contributed by atoms with Crippen molar-refractivity contribution in [2.75, 3.05) is 12.3 Å². The number of nitrogen functional groups attached to an aromatic ring is 1. The number of ether oxygens (including phenoxy) is 1. The number of hydrogen-bond donors (Lipinski definition) is 5. The molecule has 20 heavy (non-hydrogen) atoms. The number of anilines is 1. The van der Waals surface area contributed by atoms with Crippen LogP contribution >= 0.6 is 12.2 Å². The van der Waals surface area contributed by atoms with Gasteiger partial charge in [0.15, 0.2) is 22.5 Å². The van der Waals surface area contributed by atoms with Crippen LogP contribution in [-0.2, 0) is 4.74 Å². The highest BCUT2D eigenvalue weighted by molar-refractivity contribution is 7.71. The van der Waals surface area contributed by atoms with Gasteiger partial charge in [-0.25, -0.2) is 9.97 Å². The SMILES string of the molecule is Nc1ncnc2c1[nH]c(=S)n2[C@@H]1O[C@H](CO)[C@H](O)[C@@H]1O. The van der Waals surface area contributed by atoms with Gasteiger partial charge >= 0.3 is 0 Å². The summed E-state index contributed by atoms with van der Waals surface area (Å²) >= 11 is 5.16. The lowest BCUT2D eigenvalue weighted by atomic mass is 10.1. The van der Waals surface area contributed by atoms with Gasteiger partial charge in [-0.3, -0.25) is 4.57 Å². The van der Waals surface area contributed by atoms with Crippen molar-refractivity contribution in [2.24, 2.45) is 0 Å². The topological polar surface area (TPSA) is 142 Å². The summed E-state index contributed by atoms with van der Waals surface area (Å²) in [5.74, 6) is 0.214. The molecule has 1 saturated heterocycles. The molecule has 0 spiro atoms. The molecule has 0 aliphatic carbocycles. The minimum Gasteiger partial charge on any atom is -0.394 e. The average molecular weight is 299 g/mol. The van der Waals surface area contributed by atoms with E-state index >= 15 is 0 Å². The first kappa shape index (κ1) is 13.4. The van der Waals surface area contributed by atoms with E-state index in [0.717, 1.165) is 0 Å². The standard InChI is InChI=1S/C10H13N5O4S/c11-7-4-8(13-2-12-7)15(10(20)14-4)9-6(18)5(17)3(1-16)19-9/h2-3,5-6,9,16-18H,1H2,(H,14,20)(H2,11,12,13)/t3-,5+,6+,9-/m1/s1. The van der Waals surface area contributed by atoms with Gasteiger partial charge in [0.25, 0.3) is 0 Å². The van der Waals surface area contributed by atoms with Crippen LogP contribution in [0.25, 0.3) is 11.2 Å². The second-order valence-corrected chi connectivity index (χ2v) is 4.87. The Hall–Kier alpha value is -1.59. The zero-order valence-corrected chi connectivity index (χ0v) is 11.0. The van der Waals surface area contributed by atoms with Crippen LogP contribution in [0.4, 0.5) is 5.82 Å². The summed E-state index contributed by atoms with van der Waals surface area (Å²) < 4.78 is 7.07. The predicted octanol–water partition coefficient (Wildman–Crippen LogP) is -1.32. The lowest BCUT2D eigenvalue weighted by Gasteiger charge is -2.16.